The molecule has 0 saturated carbocycles. The maximum atomic E-state index is 12.2. The molecular formula is C6H7F5O. The molecule has 0 aliphatic rings. The highest BCUT2D eigenvalue weighted by atomic mass is 19.4. The lowest BCUT2D eigenvalue weighted by Crippen LogP contribution is -2.39. The van der Waals surface area contributed by atoms with Crippen molar-refractivity contribution in [3.8, 4) is 0 Å². The van der Waals surface area contributed by atoms with E-state index in [4.69, 9.17) is 0 Å². The molecule has 72 valence electrons. The summed E-state index contributed by atoms with van der Waals surface area (Å²) in [7, 11) is 0. The van der Waals surface area contributed by atoms with Crippen molar-refractivity contribution in [2.45, 2.75) is 18.5 Å². The summed E-state index contributed by atoms with van der Waals surface area (Å²) < 4.78 is 62.8. The third-order valence-electron chi connectivity index (χ3n) is 1.04. The van der Waals surface area contributed by atoms with Gasteiger partial charge in [0.05, 0.1) is 6.26 Å². The first-order valence-corrected chi connectivity index (χ1v) is 2.96. The summed E-state index contributed by atoms with van der Waals surface area (Å²) in [5.74, 6) is 0. The summed E-state index contributed by atoms with van der Waals surface area (Å²) in [5, 5.41) is 0. The summed E-state index contributed by atoms with van der Waals surface area (Å²) >= 11 is 0. The minimum Gasteiger partial charge on any atom is -0.486 e. The Balaban J connectivity index is 4.31. The Morgan fingerprint density at radius 2 is 1.92 bits per heavy atom. The molecule has 0 amide bonds. The Hall–Kier alpha value is -0.810. The van der Waals surface area contributed by atoms with E-state index in [1.54, 1.807) is 0 Å². The van der Waals surface area contributed by atoms with Gasteiger partial charge >= 0.3 is 6.18 Å². The number of alkyl halides is 5. The first-order chi connectivity index (χ1) is 5.43. The van der Waals surface area contributed by atoms with Crippen LogP contribution in [0.25, 0.3) is 0 Å². The van der Waals surface area contributed by atoms with Gasteiger partial charge in [0.25, 0.3) is 0 Å². The largest absolute Gasteiger partial charge is 0.486 e. The number of hydrogen-bond acceptors (Lipinski definition) is 1. The van der Waals surface area contributed by atoms with Crippen molar-refractivity contribution in [3.05, 3.63) is 12.8 Å². The highest BCUT2D eigenvalue weighted by Crippen LogP contribution is 2.27. The number of halogens is 5. The van der Waals surface area contributed by atoms with E-state index in [1.807, 2.05) is 0 Å². The van der Waals surface area contributed by atoms with Crippen LogP contribution >= 0.6 is 0 Å². The average Bonchev–Trinajstić information content (AvgIpc) is 1.96. The molecule has 1 nitrogen and oxygen atoms in total. The van der Waals surface area contributed by atoms with Gasteiger partial charge in [-0.3, -0.25) is 0 Å². The van der Waals surface area contributed by atoms with Gasteiger partial charge in [0.2, 0.25) is 6.10 Å². The summed E-state index contributed by atoms with van der Waals surface area (Å²) in [6.45, 7) is 1.08. The summed E-state index contributed by atoms with van der Waals surface area (Å²) in [6, 6.07) is 0. The van der Waals surface area contributed by atoms with E-state index in [0.29, 0.717) is 6.26 Å². The van der Waals surface area contributed by atoms with Crippen molar-refractivity contribution in [2.75, 3.05) is 6.67 Å². The minimum atomic E-state index is -4.92. The molecule has 0 aliphatic carbocycles. The molecule has 0 bridgehead atoms. The van der Waals surface area contributed by atoms with E-state index in [9.17, 15) is 22.0 Å². The van der Waals surface area contributed by atoms with Gasteiger partial charge in [-0.15, -0.1) is 0 Å². The Bertz CT molecular complexity index is 143. The molecular weight excluding hydrogens is 183 g/mol. The Labute approximate surface area is 65.8 Å². The van der Waals surface area contributed by atoms with Gasteiger partial charge in [0.1, 0.15) is 6.67 Å². The van der Waals surface area contributed by atoms with E-state index < -0.39 is 25.1 Å². The van der Waals surface area contributed by atoms with Crippen LogP contribution in [0.1, 0.15) is 0 Å². The minimum absolute atomic E-state index is 0.431. The molecule has 0 aromatic heterocycles. The third-order valence-corrected chi connectivity index (χ3v) is 1.04. The van der Waals surface area contributed by atoms with Gasteiger partial charge < -0.3 is 4.74 Å². The van der Waals surface area contributed by atoms with Gasteiger partial charge in [0.15, 0.2) is 6.17 Å². The zero-order chi connectivity index (χ0) is 9.78. The molecule has 0 aliphatic heterocycles. The normalized spacial score (nSPS) is 16.8. The van der Waals surface area contributed by atoms with Crippen LogP contribution in [0.15, 0.2) is 12.8 Å². The second-order valence-electron chi connectivity index (χ2n) is 1.94. The van der Waals surface area contributed by atoms with Crippen LogP contribution in [0.5, 0.6) is 0 Å². The maximum absolute atomic E-state index is 12.2. The Kier molecular flexibility index (Phi) is 3.99. The number of hydrogen-bond donors (Lipinski definition) is 0. The average molecular weight is 190 g/mol. The summed E-state index contributed by atoms with van der Waals surface area (Å²) in [4.78, 5) is 0. The molecule has 0 N–H and O–H groups in total. The van der Waals surface area contributed by atoms with Crippen LogP contribution in [0.2, 0.25) is 0 Å². The molecule has 0 radical (unpaired) electrons. The molecule has 2 atom stereocenters. The van der Waals surface area contributed by atoms with Crippen molar-refractivity contribution >= 4 is 0 Å². The van der Waals surface area contributed by atoms with E-state index in [-0.39, 0.29) is 0 Å². The molecule has 0 rings (SSSR count). The number of ether oxygens (including phenoxy) is 1. The van der Waals surface area contributed by atoms with E-state index in [0.717, 1.165) is 0 Å². The number of rotatable bonds is 4. The smallest absolute Gasteiger partial charge is 0.428 e. The highest BCUT2D eigenvalue weighted by Gasteiger charge is 2.47. The maximum Gasteiger partial charge on any atom is 0.428 e. The Morgan fingerprint density at radius 3 is 2.17 bits per heavy atom. The van der Waals surface area contributed by atoms with Crippen LogP contribution in [0, 0.1) is 0 Å². The van der Waals surface area contributed by atoms with Gasteiger partial charge in [-0.25, -0.2) is 8.78 Å². The zero-order valence-electron chi connectivity index (χ0n) is 5.94. The van der Waals surface area contributed by atoms with E-state index >= 15 is 0 Å². The molecule has 2 unspecified atom stereocenters. The van der Waals surface area contributed by atoms with Crippen molar-refractivity contribution < 1.29 is 26.7 Å². The van der Waals surface area contributed by atoms with Crippen LogP contribution in [-0.4, -0.2) is 25.1 Å². The lowest BCUT2D eigenvalue weighted by molar-refractivity contribution is -0.223. The standard InChI is InChI=1S/C6H7F5O/c1-2-12-5(4(8)3-7)6(9,10)11/h2,4-5H,1,3H2. The van der Waals surface area contributed by atoms with Crippen molar-refractivity contribution in [1.82, 2.24) is 0 Å². The van der Waals surface area contributed by atoms with Gasteiger partial charge in [-0.05, 0) is 0 Å². The third kappa shape index (κ3) is 3.06. The molecule has 0 fully saturated rings. The molecule has 0 heterocycles. The lowest BCUT2D eigenvalue weighted by Gasteiger charge is -2.20. The fourth-order valence-electron chi connectivity index (χ4n) is 0.552. The van der Waals surface area contributed by atoms with Crippen molar-refractivity contribution in [3.63, 3.8) is 0 Å². The second kappa shape index (κ2) is 4.27. The second-order valence-corrected chi connectivity index (χ2v) is 1.94. The zero-order valence-corrected chi connectivity index (χ0v) is 5.94. The molecule has 6 heteroatoms. The highest BCUT2D eigenvalue weighted by molar-refractivity contribution is 4.78. The topological polar surface area (TPSA) is 9.23 Å². The summed E-state index contributed by atoms with van der Waals surface area (Å²) in [6.07, 6.45) is -9.96. The first-order valence-electron chi connectivity index (χ1n) is 2.96. The predicted octanol–water partition coefficient (Wildman–Crippen LogP) is 2.39. The van der Waals surface area contributed by atoms with Crippen LogP contribution in [-0.2, 0) is 4.74 Å². The lowest BCUT2D eigenvalue weighted by atomic mass is 10.2. The van der Waals surface area contributed by atoms with Gasteiger partial charge in [0, 0.05) is 0 Å². The molecule has 0 aromatic carbocycles. The van der Waals surface area contributed by atoms with Gasteiger partial charge in [-0.2, -0.15) is 13.2 Å². The SMILES string of the molecule is C=COC(C(F)CF)C(F)(F)F. The van der Waals surface area contributed by atoms with Crippen LogP contribution in [0.4, 0.5) is 22.0 Å². The predicted molar refractivity (Wildman–Crippen MR) is 32.0 cm³/mol. The summed E-state index contributed by atoms with van der Waals surface area (Å²) in [5.41, 5.74) is 0. The molecule has 12 heavy (non-hydrogen) atoms. The monoisotopic (exact) mass is 190 g/mol. The van der Waals surface area contributed by atoms with Crippen LogP contribution < -0.4 is 0 Å². The van der Waals surface area contributed by atoms with E-state index in [1.165, 1.54) is 0 Å². The Morgan fingerprint density at radius 1 is 1.42 bits per heavy atom. The van der Waals surface area contributed by atoms with E-state index in [2.05, 4.69) is 11.3 Å². The fraction of sp³-hybridized carbons (Fsp3) is 0.667. The van der Waals surface area contributed by atoms with Crippen LogP contribution in [0.3, 0.4) is 0 Å². The quantitative estimate of drug-likeness (QED) is 0.488. The molecule has 0 aromatic rings. The van der Waals surface area contributed by atoms with Crippen molar-refractivity contribution in [1.29, 1.82) is 0 Å². The molecule has 0 spiro atoms. The first kappa shape index (κ1) is 11.2. The molecule has 0 saturated heterocycles. The van der Waals surface area contributed by atoms with Crippen molar-refractivity contribution in [2.24, 2.45) is 0 Å². The van der Waals surface area contributed by atoms with Gasteiger partial charge in [-0.1, -0.05) is 6.58 Å². The fourth-order valence-corrected chi connectivity index (χ4v) is 0.552.